The second-order valence-electron chi connectivity index (χ2n) is 5.97. The van der Waals surface area contributed by atoms with Gasteiger partial charge in [-0.15, -0.1) is 0 Å². The largest absolute Gasteiger partial charge is 0.493 e. The van der Waals surface area contributed by atoms with Gasteiger partial charge in [-0.2, -0.15) is 0 Å². The predicted molar refractivity (Wildman–Crippen MR) is 91.2 cm³/mol. The fourth-order valence-corrected chi connectivity index (χ4v) is 2.93. The third-order valence-electron chi connectivity index (χ3n) is 4.23. The third-order valence-corrected chi connectivity index (χ3v) is 4.23. The van der Waals surface area contributed by atoms with Crippen LogP contribution >= 0.6 is 0 Å². The quantitative estimate of drug-likeness (QED) is 0.709. The zero-order chi connectivity index (χ0) is 16.5. The van der Waals surface area contributed by atoms with Gasteiger partial charge >= 0.3 is 0 Å². The van der Waals surface area contributed by atoms with E-state index >= 15 is 0 Å². The molecular formula is C18H28N2O3. The number of hydrogen-bond donors (Lipinski definition) is 1. The van der Waals surface area contributed by atoms with E-state index in [2.05, 4.69) is 10.2 Å². The molecule has 0 aromatic heterocycles. The van der Waals surface area contributed by atoms with Crippen LogP contribution in [0.1, 0.15) is 31.2 Å². The molecule has 0 bridgehead atoms. The van der Waals surface area contributed by atoms with Crippen molar-refractivity contribution < 1.29 is 14.3 Å². The maximum Gasteiger partial charge on any atom is 0.224 e. The molecule has 2 rings (SSSR count). The van der Waals surface area contributed by atoms with Crippen molar-refractivity contribution >= 4 is 5.91 Å². The van der Waals surface area contributed by atoms with Gasteiger partial charge in [-0.05, 0) is 63.0 Å². The third kappa shape index (κ3) is 5.75. The lowest BCUT2D eigenvalue weighted by Gasteiger charge is -2.14. The number of methoxy groups -OCH3 is 2. The minimum Gasteiger partial charge on any atom is -0.493 e. The number of unbranched alkanes of at least 4 members (excludes halogenated alkanes) is 1. The van der Waals surface area contributed by atoms with Crippen LogP contribution in [-0.2, 0) is 11.2 Å². The Morgan fingerprint density at radius 2 is 1.87 bits per heavy atom. The molecule has 1 amide bonds. The second-order valence-corrected chi connectivity index (χ2v) is 5.97. The normalized spacial score (nSPS) is 14.7. The first-order valence-corrected chi connectivity index (χ1v) is 8.43. The van der Waals surface area contributed by atoms with E-state index < -0.39 is 0 Å². The highest BCUT2D eigenvalue weighted by atomic mass is 16.5. The molecule has 1 N–H and O–H groups in total. The van der Waals surface area contributed by atoms with Gasteiger partial charge in [-0.3, -0.25) is 4.79 Å². The molecule has 0 unspecified atom stereocenters. The zero-order valence-corrected chi connectivity index (χ0v) is 14.3. The number of nitrogens with zero attached hydrogens (tertiary/aromatic N) is 1. The number of nitrogens with one attached hydrogen (secondary N) is 1. The average Bonchev–Trinajstić information content (AvgIpc) is 3.07. The fraction of sp³-hybridized carbons (Fsp3) is 0.611. The number of amides is 1. The van der Waals surface area contributed by atoms with Crippen molar-refractivity contribution in [2.45, 2.75) is 32.1 Å². The van der Waals surface area contributed by atoms with Crippen LogP contribution in [0.4, 0.5) is 0 Å². The van der Waals surface area contributed by atoms with Gasteiger partial charge in [0, 0.05) is 6.54 Å². The van der Waals surface area contributed by atoms with Crippen LogP contribution < -0.4 is 14.8 Å². The van der Waals surface area contributed by atoms with E-state index in [1.165, 1.54) is 25.9 Å². The van der Waals surface area contributed by atoms with Crippen molar-refractivity contribution in [3.8, 4) is 11.5 Å². The number of benzene rings is 1. The second kappa shape index (κ2) is 9.40. The summed E-state index contributed by atoms with van der Waals surface area (Å²) in [5.41, 5.74) is 0.928. The van der Waals surface area contributed by atoms with Gasteiger partial charge in [-0.25, -0.2) is 0 Å². The molecule has 0 saturated carbocycles. The Bertz CT molecular complexity index is 499. The molecule has 1 aliphatic rings. The van der Waals surface area contributed by atoms with Crippen molar-refractivity contribution in [3.63, 3.8) is 0 Å². The maximum absolute atomic E-state index is 12.0. The molecule has 1 heterocycles. The van der Waals surface area contributed by atoms with Gasteiger partial charge in [0.1, 0.15) is 0 Å². The molecule has 1 saturated heterocycles. The van der Waals surface area contributed by atoms with E-state index in [0.29, 0.717) is 17.9 Å². The van der Waals surface area contributed by atoms with Crippen molar-refractivity contribution in [2.24, 2.45) is 0 Å². The summed E-state index contributed by atoms with van der Waals surface area (Å²) in [7, 11) is 3.20. The van der Waals surface area contributed by atoms with Gasteiger partial charge < -0.3 is 19.7 Å². The Balaban J connectivity index is 1.66. The Kier molecular flexibility index (Phi) is 7.20. The SMILES string of the molecule is COc1ccc(CC(=O)NCCCCN2CCCC2)cc1OC. The van der Waals surface area contributed by atoms with Gasteiger partial charge in [0.15, 0.2) is 11.5 Å². The standard InChI is InChI=1S/C18H28N2O3/c1-22-16-8-7-15(13-17(16)23-2)14-18(21)19-9-3-4-10-20-11-5-6-12-20/h7-8,13H,3-6,9-12,14H2,1-2H3,(H,19,21). The minimum atomic E-state index is 0.0541. The topological polar surface area (TPSA) is 50.8 Å². The van der Waals surface area contributed by atoms with Crippen LogP contribution in [0.2, 0.25) is 0 Å². The van der Waals surface area contributed by atoms with E-state index in [-0.39, 0.29) is 5.91 Å². The molecule has 1 aliphatic heterocycles. The monoisotopic (exact) mass is 320 g/mol. The molecule has 23 heavy (non-hydrogen) atoms. The van der Waals surface area contributed by atoms with Crippen LogP contribution in [0.5, 0.6) is 11.5 Å². The van der Waals surface area contributed by atoms with Gasteiger partial charge in [0.25, 0.3) is 0 Å². The molecule has 0 aliphatic carbocycles. The van der Waals surface area contributed by atoms with Gasteiger partial charge in [0.2, 0.25) is 5.91 Å². The van der Waals surface area contributed by atoms with Crippen molar-refractivity contribution in [3.05, 3.63) is 23.8 Å². The molecule has 0 atom stereocenters. The summed E-state index contributed by atoms with van der Waals surface area (Å²) in [6.45, 7) is 4.39. The van der Waals surface area contributed by atoms with E-state index in [1.54, 1.807) is 14.2 Å². The van der Waals surface area contributed by atoms with E-state index in [9.17, 15) is 4.79 Å². The summed E-state index contributed by atoms with van der Waals surface area (Å²) in [6.07, 6.45) is 5.22. The summed E-state index contributed by atoms with van der Waals surface area (Å²) in [5.74, 6) is 1.39. The highest BCUT2D eigenvalue weighted by Crippen LogP contribution is 2.27. The summed E-state index contributed by atoms with van der Waals surface area (Å²) >= 11 is 0. The molecular weight excluding hydrogens is 292 g/mol. The number of rotatable bonds is 9. The Morgan fingerprint density at radius 3 is 2.57 bits per heavy atom. The van der Waals surface area contributed by atoms with E-state index in [4.69, 9.17) is 9.47 Å². The first-order valence-electron chi connectivity index (χ1n) is 8.43. The Labute approximate surface area is 139 Å². The minimum absolute atomic E-state index is 0.0541. The lowest BCUT2D eigenvalue weighted by Crippen LogP contribution is -2.27. The molecule has 0 spiro atoms. The molecule has 128 valence electrons. The number of ether oxygens (including phenoxy) is 2. The first kappa shape index (κ1) is 17.6. The van der Waals surface area contributed by atoms with Crippen molar-refractivity contribution in [1.29, 1.82) is 0 Å². The Morgan fingerprint density at radius 1 is 1.13 bits per heavy atom. The van der Waals surface area contributed by atoms with E-state index in [1.807, 2.05) is 18.2 Å². The lowest BCUT2D eigenvalue weighted by atomic mass is 10.1. The molecule has 1 fully saturated rings. The molecule has 5 heteroatoms. The van der Waals surface area contributed by atoms with E-state index in [0.717, 1.165) is 31.5 Å². The zero-order valence-electron chi connectivity index (χ0n) is 14.3. The fourth-order valence-electron chi connectivity index (χ4n) is 2.93. The number of likely N-dealkylation sites (tertiary alicyclic amines) is 1. The number of carbonyl (C=O) groups is 1. The van der Waals surface area contributed by atoms with Crippen LogP contribution in [0.3, 0.4) is 0 Å². The smallest absolute Gasteiger partial charge is 0.224 e. The summed E-state index contributed by atoms with van der Waals surface area (Å²) < 4.78 is 10.5. The van der Waals surface area contributed by atoms with Crippen LogP contribution in [0.25, 0.3) is 0 Å². The van der Waals surface area contributed by atoms with Crippen LogP contribution in [0.15, 0.2) is 18.2 Å². The maximum atomic E-state index is 12.0. The van der Waals surface area contributed by atoms with Crippen molar-refractivity contribution in [1.82, 2.24) is 10.2 Å². The number of carbonyl (C=O) groups excluding carboxylic acids is 1. The molecule has 5 nitrogen and oxygen atoms in total. The Hall–Kier alpha value is -1.75. The number of hydrogen-bond acceptors (Lipinski definition) is 4. The van der Waals surface area contributed by atoms with Gasteiger partial charge in [-0.1, -0.05) is 6.07 Å². The van der Waals surface area contributed by atoms with Gasteiger partial charge in [0.05, 0.1) is 20.6 Å². The van der Waals surface area contributed by atoms with Crippen molar-refractivity contribution in [2.75, 3.05) is 40.4 Å². The highest BCUT2D eigenvalue weighted by Gasteiger charge is 2.11. The highest BCUT2D eigenvalue weighted by molar-refractivity contribution is 5.78. The average molecular weight is 320 g/mol. The molecule has 1 aromatic rings. The predicted octanol–water partition coefficient (Wildman–Crippen LogP) is 2.24. The first-order chi connectivity index (χ1) is 11.2. The molecule has 0 radical (unpaired) electrons. The lowest BCUT2D eigenvalue weighted by molar-refractivity contribution is -0.120. The summed E-state index contributed by atoms with van der Waals surface area (Å²) in [5, 5.41) is 2.99. The van der Waals surface area contributed by atoms with Crippen LogP contribution in [-0.4, -0.2) is 51.2 Å². The molecule has 1 aromatic carbocycles. The summed E-state index contributed by atoms with van der Waals surface area (Å²) in [6, 6.07) is 5.58. The summed E-state index contributed by atoms with van der Waals surface area (Å²) in [4.78, 5) is 14.5. The van der Waals surface area contributed by atoms with Crippen LogP contribution in [0, 0.1) is 0 Å².